The van der Waals surface area contributed by atoms with Gasteiger partial charge in [-0.15, -0.1) is 0 Å². The van der Waals surface area contributed by atoms with Gasteiger partial charge in [0.25, 0.3) is 0 Å². The molecule has 1 aromatic carbocycles. The van der Waals surface area contributed by atoms with Crippen molar-refractivity contribution >= 4 is 17.6 Å². The van der Waals surface area contributed by atoms with Gasteiger partial charge in [0.15, 0.2) is 0 Å². The Hall–Kier alpha value is -2.04. The second-order valence-electron chi connectivity index (χ2n) is 4.91. The lowest BCUT2D eigenvalue weighted by molar-refractivity contribution is -0.139. The van der Waals surface area contributed by atoms with Gasteiger partial charge in [-0.2, -0.15) is 0 Å². The third kappa shape index (κ3) is 2.28. The molecule has 1 aromatic rings. The van der Waals surface area contributed by atoms with Crippen LogP contribution >= 0.6 is 0 Å². The van der Waals surface area contributed by atoms with E-state index in [4.69, 9.17) is 0 Å². The van der Waals surface area contributed by atoms with Gasteiger partial charge in [0.2, 0.25) is 0 Å². The monoisotopic (exact) mass is 263 g/mol. The van der Waals surface area contributed by atoms with E-state index < -0.39 is 24.0 Å². The van der Waals surface area contributed by atoms with Gasteiger partial charge in [0.05, 0.1) is 0 Å². The van der Waals surface area contributed by atoms with Crippen molar-refractivity contribution in [2.24, 2.45) is 0 Å². The van der Waals surface area contributed by atoms with Crippen LogP contribution in [0.2, 0.25) is 0 Å². The third-order valence-corrected chi connectivity index (χ3v) is 3.81. The Balaban J connectivity index is 2.49. The van der Waals surface area contributed by atoms with Crippen LogP contribution in [0.5, 0.6) is 0 Å². The molecule has 0 bridgehead atoms. The van der Waals surface area contributed by atoms with Gasteiger partial charge in [0.1, 0.15) is 12.1 Å². The first-order valence-corrected chi connectivity index (χ1v) is 6.23. The van der Waals surface area contributed by atoms with Crippen molar-refractivity contribution in [1.29, 1.82) is 0 Å². The molecule has 2 N–H and O–H groups in total. The van der Waals surface area contributed by atoms with E-state index in [9.17, 15) is 19.8 Å². The topological polar surface area (TPSA) is 77.8 Å². The lowest BCUT2D eigenvalue weighted by Crippen LogP contribution is -2.44. The number of anilines is 1. The van der Waals surface area contributed by atoms with Crippen LogP contribution in [0.15, 0.2) is 18.2 Å². The fourth-order valence-corrected chi connectivity index (χ4v) is 2.65. The number of aryl methyl sites for hydroxylation is 1. The number of nitrogens with zero attached hydrogens (tertiary/aromatic N) is 1. The summed E-state index contributed by atoms with van der Waals surface area (Å²) in [5.74, 6) is -1.94. The smallest absolute Gasteiger partial charge is 0.326 e. The zero-order valence-electron chi connectivity index (χ0n) is 11.0. The standard InChI is InChI=1S/C14H17NO4/c1-8-4-3-5-10(9(8)2)15-11(13(16)17)6-7-12(15)14(18)19/h3-5,11-12H,6-7H2,1-2H3,(H,16,17)(H,18,19). The molecule has 0 aliphatic carbocycles. The summed E-state index contributed by atoms with van der Waals surface area (Å²) in [5.41, 5.74) is 2.66. The molecule has 0 saturated carbocycles. The molecule has 1 fully saturated rings. The predicted molar refractivity (Wildman–Crippen MR) is 70.5 cm³/mol. The molecule has 5 heteroatoms. The summed E-state index contributed by atoms with van der Waals surface area (Å²) in [4.78, 5) is 24.2. The molecule has 1 aliphatic rings. The van der Waals surface area contributed by atoms with E-state index >= 15 is 0 Å². The van der Waals surface area contributed by atoms with Gasteiger partial charge >= 0.3 is 11.9 Å². The minimum atomic E-state index is -0.968. The first kappa shape index (κ1) is 13.4. The van der Waals surface area contributed by atoms with Crippen molar-refractivity contribution in [2.75, 3.05) is 4.90 Å². The van der Waals surface area contributed by atoms with Crippen LogP contribution in [0.3, 0.4) is 0 Å². The average molecular weight is 263 g/mol. The normalized spacial score (nSPS) is 22.5. The van der Waals surface area contributed by atoms with Crippen molar-refractivity contribution in [3.8, 4) is 0 Å². The maximum atomic E-state index is 11.3. The molecule has 0 amide bonds. The van der Waals surface area contributed by atoms with Crippen molar-refractivity contribution in [2.45, 2.75) is 38.8 Å². The van der Waals surface area contributed by atoms with Gasteiger partial charge in [-0.05, 0) is 43.9 Å². The van der Waals surface area contributed by atoms with Crippen LogP contribution in [0.1, 0.15) is 24.0 Å². The third-order valence-electron chi connectivity index (χ3n) is 3.81. The number of aliphatic carboxylic acids is 2. The molecule has 2 atom stereocenters. The van der Waals surface area contributed by atoms with Crippen LogP contribution in [0, 0.1) is 13.8 Å². The zero-order valence-corrected chi connectivity index (χ0v) is 11.0. The summed E-state index contributed by atoms with van der Waals surface area (Å²) in [6, 6.07) is 4.02. The van der Waals surface area contributed by atoms with Crippen molar-refractivity contribution in [3.63, 3.8) is 0 Å². The SMILES string of the molecule is Cc1cccc(N2C(C(=O)O)CCC2C(=O)O)c1C. The second-order valence-corrected chi connectivity index (χ2v) is 4.91. The average Bonchev–Trinajstić information content (AvgIpc) is 2.77. The largest absolute Gasteiger partial charge is 0.480 e. The maximum Gasteiger partial charge on any atom is 0.326 e. The molecular weight excluding hydrogens is 246 g/mol. The highest BCUT2D eigenvalue weighted by Crippen LogP contribution is 2.34. The number of carbonyl (C=O) groups is 2. The van der Waals surface area contributed by atoms with Crippen LogP contribution < -0.4 is 4.90 Å². The Kier molecular flexibility index (Phi) is 3.46. The Morgan fingerprint density at radius 3 is 2.11 bits per heavy atom. The fraction of sp³-hybridized carbons (Fsp3) is 0.429. The number of hydrogen-bond donors (Lipinski definition) is 2. The van der Waals surface area contributed by atoms with Gasteiger partial charge in [-0.3, -0.25) is 0 Å². The summed E-state index contributed by atoms with van der Waals surface area (Å²) >= 11 is 0. The molecule has 1 heterocycles. The molecule has 1 saturated heterocycles. The molecule has 5 nitrogen and oxygen atoms in total. The summed E-state index contributed by atoms with van der Waals surface area (Å²) in [6.45, 7) is 3.82. The number of carboxylic acids is 2. The molecular formula is C14H17NO4. The summed E-state index contributed by atoms with van der Waals surface area (Å²) in [5, 5.41) is 18.5. The molecule has 1 aliphatic heterocycles. The quantitative estimate of drug-likeness (QED) is 0.869. The number of benzene rings is 1. The molecule has 102 valence electrons. The molecule has 19 heavy (non-hydrogen) atoms. The first-order valence-electron chi connectivity index (χ1n) is 6.23. The lowest BCUT2D eigenvalue weighted by atomic mass is 10.1. The summed E-state index contributed by atoms with van der Waals surface area (Å²) in [7, 11) is 0. The van der Waals surface area contributed by atoms with E-state index in [1.165, 1.54) is 4.90 Å². The highest BCUT2D eigenvalue weighted by molar-refractivity contribution is 5.87. The van der Waals surface area contributed by atoms with Gasteiger partial charge in [-0.1, -0.05) is 12.1 Å². The Labute approximate surface area is 111 Å². The van der Waals surface area contributed by atoms with Crippen LogP contribution in [-0.2, 0) is 9.59 Å². The van der Waals surface area contributed by atoms with Gasteiger partial charge in [0, 0.05) is 5.69 Å². The maximum absolute atomic E-state index is 11.3. The van der Waals surface area contributed by atoms with Crippen LogP contribution in [0.25, 0.3) is 0 Å². The summed E-state index contributed by atoms with van der Waals surface area (Å²) in [6.07, 6.45) is 0.722. The number of carboxylic acid groups (broad SMARTS) is 2. The van der Waals surface area contributed by atoms with Crippen molar-refractivity contribution in [3.05, 3.63) is 29.3 Å². The Morgan fingerprint density at radius 1 is 1.11 bits per heavy atom. The highest BCUT2D eigenvalue weighted by atomic mass is 16.4. The summed E-state index contributed by atoms with van der Waals surface area (Å²) < 4.78 is 0. The second kappa shape index (κ2) is 4.91. The van der Waals surface area contributed by atoms with E-state index in [0.29, 0.717) is 18.5 Å². The molecule has 2 rings (SSSR count). The van der Waals surface area contributed by atoms with E-state index in [1.807, 2.05) is 26.0 Å². The minimum Gasteiger partial charge on any atom is -0.480 e. The van der Waals surface area contributed by atoms with E-state index in [-0.39, 0.29) is 0 Å². The van der Waals surface area contributed by atoms with Gasteiger partial charge in [-0.25, -0.2) is 9.59 Å². The van der Waals surface area contributed by atoms with Crippen molar-refractivity contribution in [1.82, 2.24) is 0 Å². The van der Waals surface area contributed by atoms with Gasteiger partial charge < -0.3 is 15.1 Å². The minimum absolute atomic E-state index is 0.361. The van der Waals surface area contributed by atoms with E-state index in [1.54, 1.807) is 6.07 Å². The molecule has 2 unspecified atom stereocenters. The fourth-order valence-electron chi connectivity index (χ4n) is 2.65. The highest BCUT2D eigenvalue weighted by Gasteiger charge is 2.42. The predicted octanol–water partition coefficient (Wildman–Crippen LogP) is 1.81. The molecule has 0 aromatic heterocycles. The van der Waals surface area contributed by atoms with Crippen LogP contribution in [-0.4, -0.2) is 34.2 Å². The molecule has 0 radical (unpaired) electrons. The first-order chi connectivity index (χ1) is 8.93. The number of rotatable bonds is 3. The molecule has 0 spiro atoms. The Bertz CT molecular complexity index is 504. The van der Waals surface area contributed by atoms with E-state index in [0.717, 1.165) is 11.1 Å². The zero-order chi connectivity index (χ0) is 14.2. The number of hydrogen-bond acceptors (Lipinski definition) is 3. The van der Waals surface area contributed by atoms with Crippen molar-refractivity contribution < 1.29 is 19.8 Å². The van der Waals surface area contributed by atoms with Crippen LogP contribution in [0.4, 0.5) is 5.69 Å². The lowest BCUT2D eigenvalue weighted by Gasteiger charge is -2.30. The van der Waals surface area contributed by atoms with E-state index in [2.05, 4.69) is 0 Å². The Morgan fingerprint density at radius 2 is 1.63 bits per heavy atom.